The Balaban J connectivity index is 2.11. The number of hydrogen-bond acceptors (Lipinski definition) is 3. The number of nitrogens with one attached hydrogen (secondary N) is 1. The number of rotatable bonds is 4. The van der Waals surface area contributed by atoms with E-state index >= 15 is 0 Å². The summed E-state index contributed by atoms with van der Waals surface area (Å²) in [5.41, 5.74) is 1.05. The monoisotopic (exact) mass is 257 g/mol. The van der Waals surface area contributed by atoms with Crippen molar-refractivity contribution in [3.8, 4) is 5.75 Å². The lowest BCUT2D eigenvalue weighted by Gasteiger charge is -2.16. The number of ether oxygens (including phenoxy) is 1. The Bertz CT molecular complexity index is 353. The quantitative estimate of drug-likeness (QED) is 0.890. The van der Waals surface area contributed by atoms with Gasteiger partial charge >= 0.3 is 0 Å². The highest BCUT2D eigenvalue weighted by atomic mass is 35.5. The first kappa shape index (κ1) is 11.9. The summed E-state index contributed by atoms with van der Waals surface area (Å²) in [4.78, 5) is 0. The number of benzene rings is 1. The molecule has 0 amide bonds. The third-order valence-electron chi connectivity index (χ3n) is 2.53. The molecule has 1 aliphatic rings. The summed E-state index contributed by atoms with van der Waals surface area (Å²) in [6.07, 6.45) is 1.22. The van der Waals surface area contributed by atoms with Crippen LogP contribution in [0, 0.1) is 0 Å². The normalized spacial score (nSPS) is 19.8. The molecule has 4 heteroatoms. The highest BCUT2D eigenvalue weighted by Gasteiger charge is 2.16. The van der Waals surface area contributed by atoms with Crippen LogP contribution in [-0.4, -0.2) is 24.2 Å². The zero-order valence-electron chi connectivity index (χ0n) is 9.33. The third-order valence-corrected chi connectivity index (χ3v) is 3.93. The van der Waals surface area contributed by atoms with E-state index in [-0.39, 0.29) is 0 Å². The second kappa shape index (κ2) is 5.69. The van der Waals surface area contributed by atoms with Gasteiger partial charge in [-0.2, -0.15) is 11.8 Å². The summed E-state index contributed by atoms with van der Waals surface area (Å²) >= 11 is 7.95. The van der Waals surface area contributed by atoms with Gasteiger partial charge in [0.25, 0.3) is 0 Å². The maximum absolute atomic E-state index is 5.96. The van der Waals surface area contributed by atoms with Crippen LogP contribution in [0.1, 0.15) is 13.3 Å². The van der Waals surface area contributed by atoms with Crippen LogP contribution < -0.4 is 10.1 Å². The lowest BCUT2D eigenvalue weighted by Crippen LogP contribution is -2.18. The van der Waals surface area contributed by atoms with Crippen LogP contribution in [0.25, 0.3) is 0 Å². The summed E-state index contributed by atoms with van der Waals surface area (Å²) < 4.78 is 5.57. The van der Waals surface area contributed by atoms with E-state index in [1.54, 1.807) is 0 Å². The number of thioether (sulfide) groups is 1. The fraction of sp³-hybridized carbons (Fsp3) is 0.500. The molecule has 1 saturated heterocycles. The Morgan fingerprint density at radius 2 is 2.44 bits per heavy atom. The minimum Gasteiger partial charge on any atom is -0.492 e. The predicted molar refractivity (Wildman–Crippen MR) is 72.0 cm³/mol. The first-order valence-corrected chi connectivity index (χ1v) is 7.09. The molecule has 1 atom stereocenters. The van der Waals surface area contributed by atoms with Crippen LogP contribution in [0.4, 0.5) is 5.69 Å². The number of halogens is 1. The summed E-state index contributed by atoms with van der Waals surface area (Å²) in [7, 11) is 0. The molecule has 1 aromatic carbocycles. The van der Waals surface area contributed by atoms with E-state index in [9.17, 15) is 0 Å². The molecule has 0 radical (unpaired) electrons. The molecule has 1 N–H and O–H groups in total. The summed E-state index contributed by atoms with van der Waals surface area (Å²) in [5, 5.41) is 4.23. The van der Waals surface area contributed by atoms with Crippen molar-refractivity contribution >= 4 is 29.1 Å². The predicted octanol–water partition coefficient (Wildman–Crippen LogP) is 3.66. The zero-order chi connectivity index (χ0) is 11.4. The molecule has 1 heterocycles. The molecule has 16 heavy (non-hydrogen) atoms. The molecule has 88 valence electrons. The van der Waals surface area contributed by atoms with Crippen molar-refractivity contribution in [3.05, 3.63) is 23.2 Å². The van der Waals surface area contributed by atoms with Gasteiger partial charge in [0.05, 0.1) is 12.3 Å². The minimum atomic E-state index is 0.561. The van der Waals surface area contributed by atoms with Crippen LogP contribution in [-0.2, 0) is 0 Å². The van der Waals surface area contributed by atoms with Crippen molar-refractivity contribution in [2.24, 2.45) is 0 Å². The van der Waals surface area contributed by atoms with Gasteiger partial charge in [-0.1, -0.05) is 11.6 Å². The fourth-order valence-electron chi connectivity index (χ4n) is 1.76. The Hall–Kier alpha value is -0.540. The van der Waals surface area contributed by atoms with Gasteiger partial charge in [-0.25, -0.2) is 0 Å². The van der Waals surface area contributed by atoms with Crippen molar-refractivity contribution < 1.29 is 4.74 Å². The first-order valence-electron chi connectivity index (χ1n) is 5.56. The highest BCUT2D eigenvalue weighted by Crippen LogP contribution is 2.30. The Labute approximate surface area is 106 Å². The van der Waals surface area contributed by atoms with Gasteiger partial charge < -0.3 is 10.1 Å². The van der Waals surface area contributed by atoms with E-state index in [0.717, 1.165) is 16.5 Å². The molecule has 0 bridgehead atoms. The molecule has 2 rings (SSSR count). The molecule has 1 unspecified atom stereocenters. The molecule has 1 aliphatic heterocycles. The SMILES string of the molecule is CCOc1cc(Cl)ccc1NC1CCSC1. The third kappa shape index (κ3) is 2.98. The molecular formula is C12H16ClNOS. The van der Waals surface area contributed by atoms with Crippen molar-refractivity contribution in [1.29, 1.82) is 0 Å². The van der Waals surface area contributed by atoms with Crippen molar-refractivity contribution in [1.82, 2.24) is 0 Å². The maximum atomic E-state index is 5.96. The molecule has 0 spiro atoms. The smallest absolute Gasteiger partial charge is 0.143 e. The second-order valence-electron chi connectivity index (χ2n) is 3.78. The van der Waals surface area contributed by atoms with E-state index in [0.29, 0.717) is 12.6 Å². The van der Waals surface area contributed by atoms with E-state index < -0.39 is 0 Å². The van der Waals surface area contributed by atoms with Crippen LogP contribution in [0.2, 0.25) is 5.02 Å². The lowest BCUT2D eigenvalue weighted by molar-refractivity contribution is 0.341. The van der Waals surface area contributed by atoms with Gasteiger partial charge in [0.2, 0.25) is 0 Å². The molecule has 0 aromatic heterocycles. The number of hydrogen-bond donors (Lipinski definition) is 1. The standard InChI is InChI=1S/C12H16ClNOS/c1-2-15-12-7-9(13)3-4-11(12)14-10-5-6-16-8-10/h3-4,7,10,14H,2,5-6,8H2,1H3. The zero-order valence-corrected chi connectivity index (χ0v) is 10.9. The molecule has 2 nitrogen and oxygen atoms in total. The highest BCUT2D eigenvalue weighted by molar-refractivity contribution is 7.99. The average molecular weight is 258 g/mol. The van der Waals surface area contributed by atoms with E-state index in [2.05, 4.69) is 5.32 Å². The maximum Gasteiger partial charge on any atom is 0.143 e. The van der Waals surface area contributed by atoms with Crippen LogP contribution in [0.3, 0.4) is 0 Å². The van der Waals surface area contributed by atoms with Gasteiger partial charge in [-0.05, 0) is 31.2 Å². The minimum absolute atomic E-state index is 0.561. The largest absolute Gasteiger partial charge is 0.492 e. The topological polar surface area (TPSA) is 21.3 Å². The van der Waals surface area contributed by atoms with Crippen LogP contribution in [0.5, 0.6) is 5.75 Å². The van der Waals surface area contributed by atoms with E-state index in [1.165, 1.54) is 17.9 Å². The summed E-state index contributed by atoms with van der Waals surface area (Å²) in [6.45, 7) is 2.64. The average Bonchev–Trinajstić information content (AvgIpc) is 2.75. The first-order chi connectivity index (χ1) is 7.79. The fourth-order valence-corrected chi connectivity index (χ4v) is 3.07. The van der Waals surface area contributed by atoms with Crippen LogP contribution in [0.15, 0.2) is 18.2 Å². The second-order valence-corrected chi connectivity index (χ2v) is 5.36. The van der Waals surface area contributed by atoms with Gasteiger partial charge in [0.15, 0.2) is 0 Å². The Morgan fingerprint density at radius 1 is 1.56 bits per heavy atom. The molecule has 0 saturated carbocycles. The number of anilines is 1. The van der Waals surface area contributed by atoms with Crippen molar-refractivity contribution in [3.63, 3.8) is 0 Å². The Kier molecular flexibility index (Phi) is 4.24. The molecule has 1 fully saturated rings. The lowest BCUT2D eigenvalue weighted by atomic mass is 10.2. The molecular weight excluding hydrogens is 242 g/mol. The Morgan fingerprint density at radius 3 is 3.12 bits per heavy atom. The summed E-state index contributed by atoms with van der Waals surface area (Å²) in [6, 6.07) is 6.32. The van der Waals surface area contributed by atoms with E-state index in [4.69, 9.17) is 16.3 Å². The van der Waals surface area contributed by atoms with Crippen molar-refractivity contribution in [2.45, 2.75) is 19.4 Å². The van der Waals surface area contributed by atoms with Gasteiger partial charge in [0.1, 0.15) is 5.75 Å². The van der Waals surface area contributed by atoms with E-state index in [1.807, 2.05) is 36.9 Å². The van der Waals surface area contributed by atoms with Gasteiger partial charge in [-0.3, -0.25) is 0 Å². The van der Waals surface area contributed by atoms with Crippen molar-refractivity contribution in [2.75, 3.05) is 23.4 Å². The summed E-state index contributed by atoms with van der Waals surface area (Å²) in [5.74, 6) is 3.27. The van der Waals surface area contributed by atoms with Gasteiger partial charge in [0, 0.05) is 22.9 Å². The van der Waals surface area contributed by atoms with Gasteiger partial charge in [-0.15, -0.1) is 0 Å². The molecule has 1 aromatic rings. The van der Waals surface area contributed by atoms with Crippen LogP contribution >= 0.6 is 23.4 Å². The molecule has 0 aliphatic carbocycles.